The number of halogens is 1. The first kappa shape index (κ1) is 13.0. The lowest BCUT2D eigenvalue weighted by Gasteiger charge is -2.18. The molecule has 90 valence electrons. The highest BCUT2D eigenvalue weighted by molar-refractivity contribution is 5.38. The van der Waals surface area contributed by atoms with Gasteiger partial charge < -0.3 is 10.1 Å². The van der Waals surface area contributed by atoms with E-state index in [0.29, 0.717) is 12.2 Å². The largest absolute Gasteiger partial charge is 0.492 e. The number of hydrogen-bond donors (Lipinski definition) is 1. The van der Waals surface area contributed by atoms with Crippen LogP contribution in [-0.4, -0.2) is 20.2 Å². The predicted octanol–water partition coefficient (Wildman–Crippen LogP) is 2.80. The Morgan fingerprint density at radius 1 is 1.38 bits per heavy atom. The molecule has 0 saturated carbocycles. The Balaban J connectivity index is 2.82. The Labute approximate surface area is 96.8 Å². The lowest BCUT2D eigenvalue weighted by atomic mass is 9.95. The molecule has 0 radical (unpaired) electrons. The lowest BCUT2D eigenvalue weighted by molar-refractivity contribution is 0.219. The first-order chi connectivity index (χ1) is 7.45. The molecular formula is C13H20FNO. The number of likely N-dealkylation sites (N-methyl/N-ethyl adjacent to an activating group) is 1. The van der Waals surface area contributed by atoms with Gasteiger partial charge in [0.25, 0.3) is 0 Å². The molecule has 0 unspecified atom stereocenters. The van der Waals surface area contributed by atoms with Crippen molar-refractivity contribution in [3.8, 4) is 5.75 Å². The summed E-state index contributed by atoms with van der Waals surface area (Å²) >= 11 is 0. The molecular weight excluding hydrogens is 205 g/mol. The highest BCUT2D eigenvalue weighted by atomic mass is 19.1. The van der Waals surface area contributed by atoms with Crippen LogP contribution < -0.4 is 10.1 Å². The smallest absolute Gasteiger partial charge is 0.130 e. The summed E-state index contributed by atoms with van der Waals surface area (Å²) in [6, 6.07) is 5.55. The van der Waals surface area contributed by atoms with Crippen molar-refractivity contribution in [2.24, 2.45) is 0 Å². The highest BCUT2D eigenvalue weighted by Gasteiger charge is 2.21. The van der Waals surface area contributed by atoms with Gasteiger partial charge in [-0.3, -0.25) is 0 Å². The van der Waals surface area contributed by atoms with Crippen LogP contribution in [-0.2, 0) is 5.67 Å². The Hall–Kier alpha value is -1.09. The van der Waals surface area contributed by atoms with E-state index >= 15 is 0 Å². The second kappa shape index (κ2) is 5.30. The Morgan fingerprint density at radius 2 is 2.06 bits per heavy atom. The van der Waals surface area contributed by atoms with E-state index in [1.807, 2.05) is 26.1 Å². The SMILES string of the molecule is CNCCOc1ccc(C)c(C(C)(C)F)c1. The summed E-state index contributed by atoms with van der Waals surface area (Å²) in [4.78, 5) is 0. The molecule has 0 atom stereocenters. The van der Waals surface area contributed by atoms with Crippen LogP contribution >= 0.6 is 0 Å². The third-order valence-electron chi connectivity index (χ3n) is 2.47. The Kier molecular flexibility index (Phi) is 4.30. The Morgan fingerprint density at radius 3 is 2.62 bits per heavy atom. The van der Waals surface area contributed by atoms with Gasteiger partial charge >= 0.3 is 0 Å². The zero-order chi connectivity index (χ0) is 12.2. The number of aryl methyl sites for hydroxylation is 1. The molecule has 0 aromatic heterocycles. The van der Waals surface area contributed by atoms with Crippen molar-refractivity contribution < 1.29 is 9.13 Å². The van der Waals surface area contributed by atoms with Crippen molar-refractivity contribution in [3.05, 3.63) is 29.3 Å². The third kappa shape index (κ3) is 3.49. The molecule has 1 rings (SSSR count). The fourth-order valence-electron chi connectivity index (χ4n) is 1.60. The van der Waals surface area contributed by atoms with Gasteiger partial charge in [0.2, 0.25) is 0 Å². The van der Waals surface area contributed by atoms with Gasteiger partial charge in [-0.05, 0) is 51.1 Å². The van der Waals surface area contributed by atoms with Crippen LogP contribution in [0.15, 0.2) is 18.2 Å². The molecule has 0 aliphatic carbocycles. The van der Waals surface area contributed by atoms with Crippen LogP contribution in [0.5, 0.6) is 5.75 Å². The summed E-state index contributed by atoms with van der Waals surface area (Å²) < 4.78 is 19.4. The molecule has 0 aliphatic heterocycles. The molecule has 0 fully saturated rings. The van der Waals surface area contributed by atoms with Crippen LogP contribution in [0.25, 0.3) is 0 Å². The first-order valence-corrected chi connectivity index (χ1v) is 5.52. The normalized spacial score (nSPS) is 11.6. The van der Waals surface area contributed by atoms with Gasteiger partial charge in [-0.15, -0.1) is 0 Å². The monoisotopic (exact) mass is 225 g/mol. The van der Waals surface area contributed by atoms with Crippen LogP contribution in [0.2, 0.25) is 0 Å². The fraction of sp³-hybridized carbons (Fsp3) is 0.538. The quantitative estimate of drug-likeness (QED) is 0.778. The minimum atomic E-state index is -1.33. The first-order valence-electron chi connectivity index (χ1n) is 5.52. The van der Waals surface area contributed by atoms with E-state index < -0.39 is 5.67 Å². The number of alkyl halides is 1. The summed E-state index contributed by atoms with van der Waals surface area (Å²) in [5.41, 5.74) is 0.315. The maximum atomic E-state index is 13.9. The molecule has 0 amide bonds. The van der Waals surface area contributed by atoms with E-state index in [2.05, 4.69) is 5.32 Å². The van der Waals surface area contributed by atoms with Gasteiger partial charge in [-0.2, -0.15) is 0 Å². The molecule has 0 saturated heterocycles. The van der Waals surface area contributed by atoms with Gasteiger partial charge in [0, 0.05) is 6.54 Å². The van der Waals surface area contributed by atoms with Gasteiger partial charge in [-0.25, -0.2) is 4.39 Å². The lowest BCUT2D eigenvalue weighted by Crippen LogP contribution is -2.16. The summed E-state index contributed by atoms with van der Waals surface area (Å²) in [6.07, 6.45) is 0. The predicted molar refractivity (Wildman–Crippen MR) is 64.7 cm³/mol. The fourth-order valence-corrected chi connectivity index (χ4v) is 1.60. The van der Waals surface area contributed by atoms with E-state index in [-0.39, 0.29) is 0 Å². The second-order valence-electron chi connectivity index (χ2n) is 4.40. The summed E-state index contributed by atoms with van der Waals surface area (Å²) in [5.74, 6) is 0.724. The number of hydrogen-bond acceptors (Lipinski definition) is 2. The van der Waals surface area contributed by atoms with Gasteiger partial charge in [0.05, 0.1) is 0 Å². The van der Waals surface area contributed by atoms with Crippen molar-refractivity contribution in [1.82, 2.24) is 5.32 Å². The average Bonchev–Trinajstić information content (AvgIpc) is 2.19. The summed E-state index contributed by atoms with van der Waals surface area (Å²) in [5, 5.41) is 3.00. The topological polar surface area (TPSA) is 21.3 Å². The zero-order valence-corrected chi connectivity index (χ0v) is 10.4. The molecule has 1 aromatic rings. The van der Waals surface area contributed by atoms with Crippen molar-refractivity contribution in [3.63, 3.8) is 0 Å². The summed E-state index contributed by atoms with van der Waals surface area (Å²) in [7, 11) is 1.87. The van der Waals surface area contributed by atoms with Gasteiger partial charge in [-0.1, -0.05) is 6.07 Å². The van der Waals surface area contributed by atoms with E-state index in [1.54, 1.807) is 19.9 Å². The van der Waals surface area contributed by atoms with Gasteiger partial charge in [0.15, 0.2) is 0 Å². The molecule has 0 bridgehead atoms. The second-order valence-corrected chi connectivity index (χ2v) is 4.40. The number of rotatable bonds is 5. The van der Waals surface area contributed by atoms with E-state index in [9.17, 15) is 4.39 Å². The molecule has 3 heteroatoms. The molecule has 0 spiro atoms. The maximum Gasteiger partial charge on any atom is 0.130 e. The molecule has 1 aromatic carbocycles. The van der Waals surface area contributed by atoms with Crippen LogP contribution in [0.3, 0.4) is 0 Å². The van der Waals surface area contributed by atoms with E-state index in [0.717, 1.165) is 17.9 Å². The molecule has 0 heterocycles. The third-order valence-corrected chi connectivity index (χ3v) is 2.47. The van der Waals surface area contributed by atoms with Crippen molar-refractivity contribution in [2.45, 2.75) is 26.4 Å². The number of benzene rings is 1. The van der Waals surface area contributed by atoms with E-state index in [1.165, 1.54) is 0 Å². The highest BCUT2D eigenvalue weighted by Crippen LogP contribution is 2.30. The minimum absolute atomic E-state index is 0.589. The number of ether oxygens (including phenoxy) is 1. The molecule has 1 N–H and O–H groups in total. The zero-order valence-electron chi connectivity index (χ0n) is 10.4. The standard InChI is InChI=1S/C13H20FNO/c1-10-5-6-11(16-8-7-15-4)9-12(10)13(2,3)14/h5-6,9,15H,7-8H2,1-4H3. The van der Waals surface area contributed by atoms with Crippen molar-refractivity contribution >= 4 is 0 Å². The maximum absolute atomic E-state index is 13.9. The van der Waals surface area contributed by atoms with E-state index in [4.69, 9.17) is 4.74 Å². The minimum Gasteiger partial charge on any atom is -0.492 e. The van der Waals surface area contributed by atoms with Gasteiger partial charge in [0.1, 0.15) is 18.0 Å². The molecule has 0 aliphatic rings. The van der Waals surface area contributed by atoms with Crippen LogP contribution in [0.1, 0.15) is 25.0 Å². The van der Waals surface area contributed by atoms with Crippen LogP contribution in [0.4, 0.5) is 4.39 Å². The average molecular weight is 225 g/mol. The summed E-state index contributed by atoms with van der Waals surface area (Å²) in [6.45, 7) is 6.40. The Bertz CT molecular complexity index is 344. The molecule has 2 nitrogen and oxygen atoms in total. The van der Waals surface area contributed by atoms with Crippen LogP contribution in [0, 0.1) is 6.92 Å². The number of nitrogens with one attached hydrogen (secondary N) is 1. The molecule has 16 heavy (non-hydrogen) atoms. The van der Waals surface area contributed by atoms with Crippen molar-refractivity contribution in [2.75, 3.05) is 20.2 Å². The van der Waals surface area contributed by atoms with Crippen molar-refractivity contribution in [1.29, 1.82) is 0 Å².